The van der Waals surface area contributed by atoms with Crippen LogP contribution in [-0.4, -0.2) is 15.9 Å². The third kappa shape index (κ3) is 19.9. The van der Waals surface area contributed by atoms with Gasteiger partial charge in [-0.2, -0.15) is 0 Å². The molecular weight excluding hydrogens is 352 g/mol. The largest absolute Gasteiger partial charge is 0.481 e. The van der Waals surface area contributed by atoms with E-state index in [-0.39, 0.29) is 11.2 Å². The highest BCUT2D eigenvalue weighted by molar-refractivity contribution is 9.09. The number of carboxylic acids is 1. The van der Waals surface area contributed by atoms with Crippen LogP contribution in [0.3, 0.4) is 0 Å². The van der Waals surface area contributed by atoms with E-state index >= 15 is 0 Å². The van der Waals surface area contributed by atoms with Crippen LogP contribution in [0.4, 0.5) is 0 Å². The van der Waals surface area contributed by atoms with E-state index < -0.39 is 5.97 Å². The van der Waals surface area contributed by atoms with Crippen molar-refractivity contribution in [1.29, 1.82) is 0 Å². The maximum absolute atomic E-state index is 10.5. The molecule has 0 aromatic carbocycles. The van der Waals surface area contributed by atoms with Crippen LogP contribution in [0.5, 0.6) is 0 Å². The van der Waals surface area contributed by atoms with Crippen molar-refractivity contribution in [3.8, 4) is 0 Å². The lowest BCUT2D eigenvalue weighted by Gasteiger charge is -2.06. The average Bonchev–Trinajstić information content (AvgIpc) is 2.50. The molecule has 1 atom stereocenters. The first-order valence-electron chi connectivity index (χ1n) is 10.0. The van der Waals surface area contributed by atoms with Crippen LogP contribution < -0.4 is 0 Å². The Hall–Kier alpha value is -0.0500. The second kappa shape index (κ2) is 18.3. The summed E-state index contributed by atoms with van der Waals surface area (Å²) >= 11 is 3.44. The van der Waals surface area contributed by atoms with Crippen LogP contribution in [-0.2, 0) is 4.79 Å². The van der Waals surface area contributed by atoms with Crippen molar-refractivity contribution >= 4 is 21.9 Å². The number of carboxylic acid groups (broad SMARTS) is 1. The van der Waals surface area contributed by atoms with Gasteiger partial charge < -0.3 is 5.11 Å². The van der Waals surface area contributed by atoms with E-state index in [0.29, 0.717) is 0 Å². The van der Waals surface area contributed by atoms with Gasteiger partial charge in [0.2, 0.25) is 0 Å². The number of rotatable bonds is 18. The summed E-state index contributed by atoms with van der Waals surface area (Å²) in [5.74, 6) is -0.701. The molecule has 1 unspecified atom stereocenters. The van der Waals surface area contributed by atoms with E-state index in [4.69, 9.17) is 5.11 Å². The first-order valence-corrected chi connectivity index (χ1v) is 10.9. The van der Waals surface area contributed by atoms with E-state index in [0.717, 1.165) is 12.8 Å². The molecule has 0 radical (unpaired) electrons. The summed E-state index contributed by atoms with van der Waals surface area (Å²) in [6, 6.07) is 0. The van der Waals surface area contributed by atoms with E-state index in [1.54, 1.807) is 0 Å². The predicted molar refractivity (Wildman–Crippen MR) is 105 cm³/mol. The minimum atomic E-state index is -0.701. The zero-order valence-electron chi connectivity index (χ0n) is 15.3. The lowest BCUT2D eigenvalue weighted by molar-refractivity contribution is -0.136. The maximum Gasteiger partial charge on any atom is 0.304 e. The molecule has 0 rings (SSSR count). The van der Waals surface area contributed by atoms with Gasteiger partial charge in [0.25, 0.3) is 0 Å². The summed E-state index contributed by atoms with van der Waals surface area (Å²) in [4.78, 5) is 10.7. The van der Waals surface area contributed by atoms with Crippen molar-refractivity contribution < 1.29 is 9.90 Å². The highest BCUT2D eigenvalue weighted by atomic mass is 79.9. The van der Waals surface area contributed by atoms with Crippen molar-refractivity contribution in [1.82, 2.24) is 0 Å². The van der Waals surface area contributed by atoms with Gasteiger partial charge in [-0.25, -0.2) is 0 Å². The Labute approximate surface area is 152 Å². The molecule has 0 aliphatic heterocycles. The smallest absolute Gasteiger partial charge is 0.304 e. The van der Waals surface area contributed by atoms with Crippen molar-refractivity contribution in [3.05, 3.63) is 0 Å². The highest BCUT2D eigenvalue weighted by Gasteiger charge is 2.08. The van der Waals surface area contributed by atoms with E-state index in [1.165, 1.54) is 89.9 Å². The first kappa shape index (κ1) is 22.9. The Balaban J connectivity index is 3.06. The van der Waals surface area contributed by atoms with Crippen LogP contribution in [0, 0.1) is 0 Å². The maximum atomic E-state index is 10.5. The molecule has 0 aromatic rings. The standard InChI is InChI=1S/C20H39BrO2/c1-2-3-4-5-6-7-8-9-10-11-12-13-14-15-16-17-19(21)18-20(22)23/h19H,2-18H2,1H3,(H,22,23). The monoisotopic (exact) mass is 390 g/mol. The average molecular weight is 391 g/mol. The quantitative estimate of drug-likeness (QED) is 0.194. The number of hydrogen-bond acceptors (Lipinski definition) is 1. The number of unbranched alkanes of at least 4 members (excludes halogenated alkanes) is 14. The van der Waals surface area contributed by atoms with Crippen molar-refractivity contribution in [2.75, 3.05) is 0 Å². The minimum absolute atomic E-state index is 0.155. The third-order valence-electron chi connectivity index (χ3n) is 4.52. The van der Waals surface area contributed by atoms with Crippen LogP contribution in [0.1, 0.15) is 116 Å². The summed E-state index contributed by atoms with van der Waals surface area (Å²) < 4.78 is 0. The summed E-state index contributed by atoms with van der Waals surface area (Å²) in [6.07, 6.45) is 21.9. The van der Waals surface area contributed by atoms with E-state index in [9.17, 15) is 4.79 Å². The van der Waals surface area contributed by atoms with Gasteiger partial charge in [-0.1, -0.05) is 119 Å². The van der Waals surface area contributed by atoms with Gasteiger partial charge in [0.05, 0.1) is 6.42 Å². The number of aliphatic carboxylic acids is 1. The number of alkyl halides is 1. The van der Waals surface area contributed by atoms with Crippen LogP contribution in [0.2, 0.25) is 0 Å². The zero-order chi connectivity index (χ0) is 17.2. The molecule has 0 amide bonds. The second-order valence-corrected chi connectivity index (χ2v) is 8.23. The summed E-state index contributed by atoms with van der Waals surface area (Å²) in [5, 5.41) is 8.68. The number of carbonyl (C=O) groups is 1. The fourth-order valence-electron chi connectivity index (χ4n) is 3.03. The molecule has 0 saturated heterocycles. The Morgan fingerprint density at radius 3 is 1.43 bits per heavy atom. The van der Waals surface area contributed by atoms with Crippen LogP contribution >= 0.6 is 15.9 Å². The number of halogens is 1. The van der Waals surface area contributed by atoms with Crippen molar-refractivity contribution in [2.24, 2.45) is 0 Å². The second-order valence-electron chi connectivity index (χ2n) is 6.93. The SMILES string of the molecule is CCCCCCCCCCCCCCCCCC(Br)CC(=O)O. The molecule has 0 saturated carbocycles. The third-order valence-corrected chi connectivity index (χ3v) is 5.30. The molecule has 0 aromatic heterocycles. The van der Waals surface area contributed by atoms with Gasteiger partial charge in [0.15, 0.2) is 0 Å². The Kier molecular flexibility index (Phi) is 18.3. The lowest BCUT2D eigenvalue weighted by Crippen LogP contribution is -2.06. The van der Waals surface area contributed by atoms with E-state index in [2.05, 4.69) is 22.9 Å². The van der Waals surface area contributed by atoms with Gasteiger partial charge in [0, 0.05) is 4.83 Å². The molecule has 138 valence electrons. The fraction of sp³-hybridized carbons (Fsp3) is 0.950. The molecule has 0 spiro atoms. The van der Waals surface area contributed by atoms with Crippen LogP contribution in [0.25, 0.3) is 0 Å². The van der Waals surface area contributed by atoms with Gasteiger partial charge in [-0.3, -0.25) is 4.79 Å². The summed E-state index contributed by atoms with van der Waals surface area (Å²) in [7, 11) is 0. The predicted octanol–water partition coefficient (Wildman–Crippen LogP) is 7.49. The van der Waals surface area contributed by atoms with Gasteiger partial charge in [-0.05, 0) is 6.42 Å². The molecule has 0 fully saturated rings. The van der Waals surface area contributed by atoms with Gasteiger partial charge in [-0.15, -0.1) is 0 Å². The van der Waals surface area contributed by atoms with Gasteiger partial charge in [0.1, 0.15) is 0 Å². The topological polar surface area (TPSA) is 37.3 Å². The number of hydrogen-bond donors (Lipinski definition) is 1. The van der Waals surface area contributed by atoms with E-state index in [1.807, 2.05) is 0 Å². The molecule has 0 heterocycles. The lowest BCUT2D eigenvalue weighted by atomic mass is 10.0. The minimum Gasteiger partial charge on any atom is -0.481 e. The van der Waals surface area contributed by atoms with Crippen molar-refractivity contribution in [2.45, 2.75) is 121 Å². The molecule has 0 aliphatic rings. The fourth-order valence-corrected chi connectivity index (χ4v) is 3.63. The molecule has 0 bridgehead atoms. The summed E-state index contributed by atoms with van der Waals surface area (Å²) in [6.45, 7) is 2.28. The van der Waals surface area contributed by atoms with Gasteiger partial charge >= 0.3 is 5.97 Å². The molecule has 3 heteroatoms. The Bertz CT molecular complexity index is 256. The highest BCUT2D eigenvalue weighted by Crippen LogP contribution is 2.17. The first-order chi connectivity index (χ1) is 11.2. The Morgan fingerprint density at radius 2 is 1.09 bits per heavy atom. The molecule has 23 heavy (non-hydrogen) atoms. The zero-order valence-corrected chi connectivity index (χ0v) is 16.9. The van der Waals surface area contributed by atoms with Crippen LogP contribution in [0.15, 0.2) is 0 Å². The Morgan fingerprint density at radius 1 is 0.739 bits per heavy atom. The molecule has 0 aliphatic carbocycles. The molecular formula is C20H39BrO2. The summed E-state index contributed by atoms with van der Waals surface area (Å²) in [5.41, 5.74) is 0. The normalized spacial score (nSPS) is 12.4. The molecule has 2 nitrogen and oxygen atoms in total. The molecule has 1 N–H and O–H groups in total. The van der Waals surface area contributed by atoms with Crippen molar-refractivity contribution in [3.63, 3.8) is 0 Å².